The van der Waals surface area contributed by atoms with Crippen molar-refractivity contribution >= 4 is 11.5 Å². The van der Waals surface area contributed by atoms with Gasteiger partial charge in [0.15, 0.2) is 0 Å². The number of amidine groups is 1. The molecule has 2 rings (SSSR count). The van der Waals surface area contributed by atoms with Gasteiger partial charge < -0.3 is 15.2 Å². The Morgan fingerprint density at radius 3 is 2.76 bits per heavy atom. The number of hydrogen-bond donors (Lipinski definition) is 2. The zero-order valence-electron chi connectivity index (χ0n) is 11.1. The summed E-state index contributed by atoms with van der Waals surface area (Å²) >= 11 is 0. The van der Waals surface area contributed by atoms with Gasteiger partial charge in [-0.1, -0.05) is 6.07 Å². The van der Waals surface area contributed by atoms with Crippen LogP contribution in [0.5, 0.6) is 17.4 Å². The Bertz CT molecular complexity index is 702. The van der Waals surface area contributed by atoms with E-state index in [2.05, 4.69) is 4.98 Å². The number of nitrogens with zero attached hydrogens (tertiary/aromatic N) is 2. The maximum Gasteiger partial charge on any atom is 0.311 e. The molecule has 1 aromatic carbocycles. The van der Waals surface area contributed by atoms with Crippen LogP contribution in [0, 0.1) is 15.5 Å². The number of pyridine rings is 1. The van der Waals surface area contributed by atoms with Crippen LogP contribution in [0.2, 0.25) is 0 Å². The zero-order valence-corrected chi connectivity index (χ0v) is 11.1. The SMILES string of the molecule is COc1ccc([N+](=O)[O-])c(Oc2cccc(C(=N)N)n2)c1. The van der Waals surface area contributed by atoms with Crippen molar-refractivity contribution in [3.05, 3.63) is 52.2 Å². The Hall–Kier alpha value is -3.16. The number of methoxy groups -OCH3 is 1. The smallest absolute Gasteiger partial charge is 0.311 e. The third-order valence-corrected chi connectivity index (χ3v) is 2.58. The molecule has 0 spiro atoms. The first kappa shape index (κ1) is 14.3. The Kier molecular flexibility index (Phi) is 3.98. The third kappa shape index (κ3) is 3.24. The number of nitrogen functional groups attached to an aromatic ring is 1. The first-order chi connectivity index (χ1) is 10.0. The second-order valence-electron chi connectivity index (χ2n) is 3.97. The minimum atomic E-state index is -0.566. The van der Waals surface area contributed by atoms with Crippen LogP contribution in [0.4, 0.5) is 5.69 Å². The summed E-state index contributed by atoms with van der Waals surface area (Å²) in [6.45, 7) is 0. The van der Waals surface area contributed by atoms with Gasteiger partial charge in [-0.25, -0.2) is 4.98 Å². The largest absolute Gasteiger partial charge is 0.497 e. The van der Waals surface area contributed by atoms with E-state index in [1.807, 2.05) is 0 Å². The van der Waals surface area contributed by atoms with Crippen molar-refractivity contribution in [1.29, 1.82) is 5.41 Å². The lowest BCUT2D eigenvalue weighted by Gasteiger charge is -2.08. The van der Waals surface area contributed by atoms with Crippen LogP contribution in [0.1, 0.15) is 5.69 Å². The van der Waals surface area contributed by atoms with Crippen molar-refractivity contribution in [2.45, 2.75) is 0 Å². The molecule has 3 N–H and O–H groups in total. The molecule has 108 valence electrons. The third-order valence-electron chi connectivity index (χ3n) is 2.58. The predicted molar refractivity (Wildman–Crippen MR) is 75.0 cm³/mol. The minimum absolute atomic E-state index is 0.00690. The minimum Gasteiger partial charge on any atom is -0.497 e. The molecule has 8 heteroatoms. The molecule has 0 bridgehead atoms. The van der Waals surface area contributed by atoms with E-state index in [4.69, 9.17) is 20.6 Å². The number of ether oxygens (including phenoxy) is 2. The van der Waals surface area contributed by atoms with Gasteiger partial charge >= 0.3 is 5.69 Å². The Morgan fingerprint density at radius 2 is 2.14 bits per heavy atom. The number of hydrogen-bond acceptors (Lipinski definition) is 6. The highest BCUT2D eigenvalue weighted by Gasteiger charge is 2.17. The number of nitro benzene ring substituents is 1. The Balaban J connectivity index is 2.40. The highest BCUT2D eigenvalue weighted by atomic mass is 16.6. The average molecular weight is 288 g/mol. The molecule has 0 aliphatic carbocycles. The van der Waals surface area contributed by atoms with Crippen LogP contribution in [-0.2, 0) is 0 Å². The van der Waals surface area contributed by atoms with Crippen molar-refractivity contribution in [3.8, 4) is 17.4 Å². The van der Waals surface area contributed by atoms with Crippen LogP contribution in [0.25, 0.3) is 0 Å². The van der Waals surface area contributed by atoms with Gasteiger partial charge in [-0.2, -0.15) is 0 Å². The number of nitrogens with one attached hydrogen (secondary N) is 1. The molecule has 21 heavy (non-hydrogen) atoms. The van der Waals surface area contributed by atoms with Crippen molar-refractivity contribution in [2.75, 3.05) is 7.11 Å². The van der Waals surface area contributed by atoms with Crippen LogP contribution in [-0.4, -0.2) is 22.9 Å². The van der Waals surface area contributed by atoms with Crippen LogP contribution in [0.15, 0.2) is 36.4 Å². The number of nitrogens with two attached hydrogens (primary N) is 1. The number of nitro groups is 1. The summed E-state index contributed by atoms with van der Waals surface area (Å²) < 4.78 is 10.4. The van der Waals surface area contributed by atoms with Gasteiger partial charge in [-0.3, -0.25) is 15.5 Å². The molecular weight excluding hydrogens is 276 g/mol. The van der Waals surface area contributed by atoms with Gasteiger partial charge in [-0.05, 0) is 12.1 Å². The molecule has 0 aliphatic heterocycles. The monoisotopic (exact) mass is 288 g/mol. The zero-order chi connectivity index (χ0) is 15.4. The lowest BCUT2D eigenvalue weighted by atomic mass is 10.3. The standard InChI is InChI=1S/C13H12N4O4/c1-20-8-5-6-10(17(18)19)11(7-8)21-12-4-2-3-9(16-12)13(14)15/h2-7H,1H3,(H3,14,15). The number of rotatable bonds is 5. The van der Waals surface area contributed by atoms with Crippen molar-refractivity contribution in [1.82, 2.24) is 4.98 Å². The van der Waals surface area contributed by atoms with Gasteiger partial charge in [0.1, 0.15) is 17.3 Å². The second-order valence-corrected chi connectivity index (χ2v) is 3.97. The molecule has 0 unspecified atom stereocenters. The predicted octanol–water partition coefficient (Wildman–Crippen LogP) is 2.07. The summed E-state index contributed by atoms with van der Waals surface area (Å²) in [6, 6.07) is 8.77. The van der Waals surface area contributed by atoms with Gasteiger partial charge in [-0.15, -0.1) is 0 Å². The number of aromatic nitrogens is 1. The first-order valence-electron chi connectivity index (χ1n) is 5.83. The molecule has 0 amide bonds. The van der Waals surface area contributed by atoms with Crippen molar-refractivity contribution in [3.63, 3.8) is 0 Å². The van der Waals surface area contributed by atoms with E-state index in [9.17, 15) is 10.1 Å². The Morgan fingerprint density at radius 1 is 1.38 bits per heavy atom. The van der Waals surface area contributed by atoms with E-state index in [1.165, 1.54) is 37.4 Å². The summed E-state index contributed by atoms with van der Waals surface area (Å²) in [6.07, 6.45) is 0. The highest BCUT2D eigenvalue weighted by Crippen LogP contribution is 2.33. The molecule has 0 saturated heterocycles. The van der Waals surface area contributed by atoms with E-state index >= 15 is 0 Å². The first-order valence-corrected chi connectivity index (χ1v) is 5.83. The molecule has 1 aromatic heterocycles. The molecule has 0 saturated carbocycles. The van der Waals surface area contributed by atoms with Crippen LogP contribution < -0.4 is 15.2 Å². The van der Waals surface area contributed by atoms with E-state index in [-0.39, 0.29) is 28.8 Å². The molecule has 0 fully saturated rings. The molecule has 0 aliphatic rings. The van der Waals surface area contributed by atoms with Gasteiger partial charge in [0, 0.05) is 18.2 Å². The summed E-state index contributed by atoms with van der Waals surface area (Å²) in [4.78, 5) is 14.4. The topological polar surface area (TPSA) is 124 Å². The second kappa shape index (κ2) is 5.87. The summed E-state index contributed by atoms with van der Waals surface area (Å²) in [5.74, 6) is 0.283. The summed E-state index contributed by atoms with van der Waals surface area (Å²) in [5, 5.41) is 18.3. The normalized spacial score (nSPS) is 9.95. The molecule has 0 atom stereocenters. The summed E-state index contributed by atoms with van der Waals surface area (Å²) in [7, 11) is 1.44. The van der Waals surface area contributed by atoms with Gasteiger partial charge in [0.25, 0.3) is 0 Å². The molecule has 0 radical (unpaired) electrons. The number of benzene rings is 1. The van der Waals surface area contributed by atoms with E-state index < -0.39 is 4.92 Å². The molecular formula is C13H12N4O4. The fourth-order valence-corrected chi connectivity index (χ4v) is 1.59. The lowest BCUT2D eigenvalue weighted by molar-refractivity contribution is -0.385. The van der Waals surface area contributed by atoms with Gasteiger partial charge in [0.2, 0.25) is 11.6 Å². The van der Waals surface area contributed by atoms with E-state index in [0.29, 0.717) is 5.75 Å². The van der Waals surface area contributed by atoms with Gasteiger partial charge in [0.05, 0.1) is 12.0 Å². The van der Waals surface area contributed by atoms with E-state index in [1.54, 1.807) is 6.07 Å². The van der Waals surface area contributed by atoms with Crippen LogP contribution in [0.3, 0.4) is 0 Å². The molecule has 8 nitrogen and oxygen atoms in total. The van der Waals surface area contributed by atoms with Crippen molar-refractivity contribution < 1.29 is 14.4 Å². The van der Waals surface area contributed by atoms with E-state index in [0.717, 1.165) is 0 Å². The average Bonchev–Trinajstić information content (AvgIpc) is 2.47. The Labute approximate surface area is 119 Å². The fraction of sp³-hybridized carbons (Fsp3) is 0.0769. The summed E-state index contributed by atoms with van der Waals surface area (Å²) in [5.41, 5.74) is 5.34. The van der Waals surface area contributed by atoms with Crippen LogP contribution >= 0.6 is 0 Å². The highest BCUT2D eigenvalue weighted by molar-refractivity contribution is 5.93. The quantitative estimate of drug-likeness (QED) is 0.375. The molecule has 1 heterocycles. The maximum absolute atomic E-state index is 11.0. The maximum atomic E-state index is 11.0. The lowest BCUT2D eigenvalue weighted by Crippen LogP contribution is -2.13. The van der Waals surface area contributed by atoms with Crippen molar-refractivity contribution in [2.24, 2.45) is 5.73 Å². The fourth-order valence-electron chi connectivity index (χ4n) is 1.59. The molecule has 2 aromatic rings.